The van der Waals surface area contributed by atoms with E-state index >= 15 is 0 Å². The van der Waals surface area contributed by atoms with Crippen molar-refractivity contribution in [1.82, 2.24) is 4.31 Å². The van der Waals surface area contributed by atoms with E-state index < -0.39 is 15.9 Å². The summed E-state index contributed by atoms with van der Waals surface area (Å²) in [6, 6.07) is 5.91. The van der Waals surface area contributed by atoms with Gasteiger partial charge in [0.15, 0.2) is 0 Å². The molecule has 0 aliphatic carbocycles. The van der Waals surface area contributed by atoms with Crippen LogP contribution in [0.15, 0.2) is 29.2 Å². The van der Waals surface area contributed by atoms with Gasteiger partial charge in [-0.25, -0.2) is 8.42 Å². The van der Waals surface area contributed by atoms with Crippen LogP contribution in [-0.4, -0.2) is 31.2 Å². The summed E-state index contributed by atoms with van der Waals surface area (Å²) >= 11 is 0. The van der Waals surface area contributed by atoms with Gasteiger partial charge >= 0.3 is 0 Å². The summed E-state index contributed by atoms with van der Waals surface area (Å²) in [5.41, 5.74) is 11.8. The number of benzene rings is 1. The topological polar surface area (TPSA) is 106 Å². The van der Waals surface area contributed by atoms with Crippen LogP contribution in [0.5, 0.6) is 0 Å². The van der Waals surface area contributed by atoms with Crippen LogP contribution >= 0.6 is 0 Å². The number of nitrogens with zero attached hydrogens (tertiary/aromatic N) is 1. The average Bonchev–Trinajstić information content (AvgIpc) is 2.43. The molecule has 0 aliphatic heterocycles. The minimum Gasteiger partial charge on any atom is -0.369 e. The molecule has 1 unspecified atom stereocenters. The molecule has 4 N–H and O–H groups in total. The molecule has 21 heavy (non-hydrogen) atoms. The van der Waals surface area contributed by atoms with Crippen LogP contribution in [0.3, 0.4) is 0 Å². The first-order valence-corrected chi connectivity index (χ1v) is 8.29. The van der Waals surface area contributed by atoms with Crippen molar-refractivity contribution in [3.05, 3.63) is 29.8 Å². The van der Waals surface area contributed by atoms with Gasteiger partial charge in [0.2, 0.25) is 15.9 Å². The van der Waals surface area contributed by atoms with Crippen molar-refractivity contribution in [2.24, 2.45) is 11.5 Å². The van der Waals surface area contributed by atoms with Gasteiger partial charge in [0.1, 0.15) is 0 Å². The molecule has 0 radical (unpaired) electrons. The molecule has 1 atom stereocenters. The molecule has 0 spiro atoms. The molecule has 0 saturated carbocycles. The predicted octanol–water partition coefficient (Wildman–Crippen LogP) is 0.981. The quantitative estimate of drug-likeness (QED) is 0.782. The van der Waals surface area contributed by atoms with Gasteiger partial charge < -0.3 is 11.5 Å². The Morgan fingerprint density at radius 2 is 1.95 bits per heavy atom. The first-order chi connectivity index (χ1) is 9.70. The van der Waals surface area contributed by atoms with Crippen molar-refractivity contribution in [2.75, 3.05) is 6.54 Å². The number of carbonyl (C=O) groups excluding carboxylic acids is 1. The van der Waals surface area contributed by atoms with Gasteiger partial charge in [-0.1, -0.05) is 19.1 Å². The Morgan fingerprint density at radius 1 is 1.33 bits per heavy atom. The average molecular weight is 313 g/mol. The number of hydrogen-bond acceptors (Lipinski definition) is 4. The van der Waals surface area contributed by atoms with E-state index in [0.29, 0.717) is 6.42 Å². The number of primary amides is 1. The number of nitrogens with two attached hydrogens (primary N) is 2. The standard InChI is InChI=1S/C14H23N3O3S/c1-4-13(15)11-6-5-7-12(8-11)21(19,20)17(10(2)3)9-14(16)18/h5-8,10,13H,4,9,15H2,1-3H3,(H2,16,18). The van der Waals surface area contributed by atoms with E-state index in [1.54, 1.807) is 32.0 Å². The summed E-state index contributed by atoms with van der Waals surface area (Å²) in [5.74, 6) is -0.686. The van der Waals surface area contributed by atoms with E-state index in [2.05, 4.69) is 0 Å². The third-order valence-corrected chi connectivity index (χ3v) is 5.24. The van der Waals surface area contributed by atoms with E-state index in [1.807, 2.05) is 6.92 Å². The maximum Gasteiger partial charge on any atom is 0.243 e. The first-order valence-electron chi connectivity index (χ1n) is 6.85. The van der Waals surface area contributed by atoms with E-state index in [1.165, 1.54) is 6.07 Å². The minimum absolute atomic E-state index is 0.124. The molecule has 0 aromatic heterocycles. The smallest absolute Gasteiger partial charge is 0.243 e. The fraction of sp³-hybridized carbons (Fsp3) is 0.500. The van der Waals surface area contributed by atoms with Gasteiger partial charge in [-0.3, -0.25) is 4.79 Å². The lowest BCUT2D eigenvalue weighted by Gasteiger charge is -2.25. The van der Waals surface area contributed by atoms with Crippen LogP contribution in [0.25, 0.3) is 0 Å². The minimum atomic E-state index is -3.78. The zero-order valence-corrected chi connectivity index (χ0v) is 13.4. The molecule has 1 aromatic carbocycles. The third kappa shape index (κ3) is 4.26. The van der Waals surface area contributed by atoms with Crippen LogP contribution < -0.4 is 11.5 Å². The summed E-state index contributed by atoms with van der Waals surface area (Å²) in [6.07, 6.45) is 0.707. The van der Waals surface area contributed by atoms with E-state index in [-0.39, 0.29) is 23.5 Å². The molecule has 0 saturated heterocycles. The Morgan fingerprint density at radius 3 is 2.43 bits per heavy atom. The number of rotatable bonds is 7. The van der Waals surface area contributed by atoms with Crippen LogP contribution in [0, 0.1) is 0 Å². The molecular formula is C14H23N3O3S. The van der Waals surface area contributed by atoms with Gasteiger partial charge in [0.25, 0.3) is 0 Å². The van der Waals surface area contributed by atoms with E-state index in [9.17, 15) is 13.2 Å². The summed E-state index contributed by atoms with van der Waals surface area (Å²) in [6.45, 7) is 4.98. The van der Waals surface area contributed by atoms with Gasteiger partial charge in [-0.15, -0.1) is 0 Å². The Kier molecular flexibility index (Phi) is 5.88. The van der Waals surface area contributed by atoms with Crippen molar-refractivity contribution in [2.45, 2.75) is 44.2 Å². The maximum absolute atomic E-state index is 12.6. The monoisotopic (exact) mass is 313 g/mol. The van der Waals surface area contributed by atoms with Gasteiger partial charge in [0.05, 0.1) is 11.4 Å². The SMILES string of the molecule is CCC(N)c1cccc(S(=O)(=O)N(CC(N)=O)C(C)C)c1. The fourth-order valence-corrected chi connectivity index (χ4v) is 3.63. The van der Waals surface area contributed by atoms with Crippen molar-refractivity contribution in [1.29, 1.82) is 0 Å². The van der Waals surface area contributed by atoms with Crippen molar-refractivity contribution in [3.63, 3.8) is 0 Å². The molecule has 0 bridgehead atoms. The van der Waals surface area contributed by atoms with Crippen molar-refractivity contribution >= 4 is 15.9 Å². The molecule has 7 heteroatoms. The second-order valence-corrected chi connectivity index (χ2v) is 7.09. The highest BCUT2D eigenvalue weighted by molar-refractivity contribution is 7.89. The lowest BCUT2D eigenvalue weighted by Crippen LogP contribution is -2.42. The molecule has 6 nitrogen and oxygen atoms in total. The third-order valence-electron chi connectivity index (χ3n) is 3.22. The Labute approximate surface area is 126 Å². The molecule has 0 aliphatic rings. The zero-order chi connectivity index (χ0) is 16.2. The second-order valence-electron chi connectivity index (χ2n) is 5.20. The maximum atomic E-state index is 12.6. The van der Waals surface area contributed by atoms with Crippen molar-refractivity contribution < 1.29 is 13.2 Å². The summed E-state index contributed by atoms with van der Waals surface area (Å²) in [7, 11) is -3.78. The van der Waals surface area contributed by atoms with Gasteiger partial charge in [-0.05, 0) is 38.0 Å². The highest BCUT2D eigenvalue weighted by Crippen LogP contribution is 2.22. The summed E-state index contributed by atoms with van der Waals surface area (Å²) in [5, 5.41) is 0. The highest BCUT2D eigenvalue weighted by Gasteiger charge is 2.28. The highest BCUT2D eigenvalue weighted by atomic mass is 32.2. The summed E-state index contributed by atoms with van der Waals surface area (Å²) in [4.78, 5) is 11.2. The number of amides is 1. The first kappa shape index (κ1) is 17.6. The zero-order valence-electron chi connectivity index (χ0n) is 12.6. The lowest BCUT2D eigenvalue weighted by molar-refractivity contribution is -0.118. The van der Waals surface area contributed by atoms with Crippen molar-refractivity contribution in [3.8, 4) is 0 Å². The summed E-state index contributed by atoms with van der Waals surface area (Å²) < 4.78 is 26.4. The Balaban J connectivity index is 3.25. The normalized spacial score (nSPS) is 13.6. The second kappa shape index (κ2) is 7.02. The van der Waals surface area contributed by atoms with Crippen LogP contribution in [0.4, 0.5) is 0 Å². The molecular weight excluding hydrogens is 290 g/mol. The molecule has 0 heterocycles. The largest absolute Gasteiger partial charge is 0.369 e. The van der Waals surface area contributed by atoms with Crippen LogP contribution in [-0.2, 0) is 14.8 Å². The molecule has 0 fully saturated rings. The number of sulfonamides is 1. The fourth-order valence-electron chi connectivity index (χ4n) is 1.98. The molecule has 118 valence electrons. The molecule has 1 aromatic rings. The van der Waals surface area contributed by atoms with E-state index in [0.717, 1.165) is 9.87 Å². The Hall–Kier alpha value is -1.44. The van der Waals surface area contributed by atoms with Gasteiger partial charge in [-0.2, -0.15) is 4.31 Å². The Bertz CT molecular complexity index is 599. The van der Waals surface area contributed by atoms with Crippen LogP contribution in [0.2, 0.25) is 0 Å². The lowest BCUT2D eigenvalue weighted by atomic mass is 10.1. The number of hydrogen-bond donors (Lipinski definition) is 2. The van der Waals surface area contributed by atoms with Gasteiger partial charge in [0, 0.05) is 12.1 Å². The number of carbonyl (C=O) groups is 1. The van der Waals surface area contributed by atoms with Crippen LogP contribution in [0.1, 0.15) is 38.8 Å². The predicted molar refractivity (Wildman–Crippen MR) is 81.9 cm³/mol. The van der Waals surface area contributed by atoms with E-state index in [4.69, 9.17) is 11.5 Å². The molecule has 1 rings (SSSR count). The molecule has 1 amide bonds.